The molecule has 0 radical (unpaired) electrons. The SMILES string of the molecule is CC(=O)N(C)c1ccc(OCC(F)(F)F)cn1. The normalized spacial score (nSPS) is 11.1. The van der Waals surface area contributed by atoms with Crippen LogP contribution >= 0.6 is 0 Å². The minimum Gasteiger partial charge on any atom is -0.483 e. The Morgan fingerprint density at radius 3 is 2.53 bits per heavy atom. The van der Waals surface area contributed by atoms with E-state index < -0.39 is 12.8 Å². The lowest BCUT2D eigenvalue weighted by Gasteiger charge is -2.14. The van der Waals surface area contributed by atoms with Gasteiger partial charge in [0.15, 0.2) is 6.61 Å². The van der Waals surface area contributed by atoms with Crippen molar-refractivity contribution in [1.82, 2.24) is 4.98 Å². The number of carbonyl (C=O) groups excluding carboxylic acids is 1. The Morgan fingerprint density at radius 2 is 2.12 bits per heavy atom. The third kappa shape index (κ3) is 4.29. The first kappa shape index (κ1) is 13.3. The van der Waals surface area contributed by atoms with Gasteiger partial charge in [0.1, 0.15) is 11.6 Å². The smallest absolute Gasteiger partial charge is 0.422 e. The van der Waals surface area contributed by atoms with Crippen LogP contribution < -0.4 is 9.64 Å². The number of rotatable bonds is 3. The van der Waals surface area contributed by atoms with Gasteiger partial charge in [0, 0.05) is 14.0 Å². The van der Waals surface area contributed by atoms with Crippen molar-refractivity contribution >= 4 is 11.7 Å². The average molecular weight is 248 g/mol. The molecule has 0 saturated heterocycles. The molecule has 1 amide bonds. The van der Waals surface area contributed by atoms with Crippen molar-refractivity contribution in [2.45, 2.75) is 13.1 Å². The standard InChI is InChI=1S/C10H11F3N2O2/c1-7(16)15(2)9-4-3-8(5-14-9)17-6-10(11,12)13/h3-5H,6H2,1-2H3. The summed E-state index contributed by atoms with van der Waals surface area (Å²) in [6, 6.07) is 2.74. The zero-order valence-electron chi connectivity index (χ0n) is 9.28. The van der Waals surface area contributed by atoms with Crippen LogP contribution in [0.25, 0.3) is 0 Å². The predicted molar refractivity (Wildman–Crippen MR) is 54.9 cm³/mol. The molecule has 94 valence electrons. The zero-order valence-corrected chi connectivity index (χ0v) is 9.28. The van der Waals surface area contributed by atoms with Gasteiger partial charge in [0.2, 0.25) is 5.91 Å². The fraction of sp³-hybridized carbons (Fsp3) is 0.400. The zero-order chi connectivity index (χ0) is 13.1. The molecule has 1 heterocycles. The molecule has 1 aromatic rings. The molecule has 4 nitrogen and oxygen atoms in total. The van der Waals surface area contributed by atoms with Gasteiger partial charge in [-0.05, 0) is 12.1 Å². The minimum atomic E-state index is -4.38. The van der Waals surface area contributed by atoms with E-state index in [9.17, 15) is 18.0 Å². The van der Waals surface area contributed by atoms with E-state index in [1.165, 1.54) is 31.0 Å². The number of aromatic nitrogens is 1. The van der Waals surface area contributed by atoms with Crippen molar-refractivity contribution in [2.75, 3.05) is 18.6 Å². The Bertz CT molecular complexity index is 390. The topological polar surface area (TPSA) is 42.4 Å². The van der Waals surface area contributed by atoms with Crippen LogP contribution in [0.4, 0.5) is 19.0 Å². The monoisotopic (exact) mass is 248 g/mol. The summed E-state index contributed by atoms with van der Waals surface area (Å²) in [6.45, 7) is -0.00762. The van der Waals surface area contributed by atoms with Crippen LogP contribution in [0.3, 0.4) is 0 Å². The van der Waals surface area contributed by atoms with Gasteiger partial charge in [-0.3, -0.25) is 4.79 Å². The molecule has 0 aromatic carbocycles. The van der Waals surface area contributed by atoms with Crippen molar-refractivity contribution in [3.05, 3.63) is 18.3 Å². The summed E-state index contributed by atoms with van der Waals surface area (Å²) in [5.41, 5.74) is 0. The summed E-state index contributed by atoms with van der Waals surface area (Å²) in [4.78, 5) is 16.1. The second-order valence-corrected chi connectivity index (χ2v) is 3.33. The van der Waals surface area contributed by atoms with E-state index in [-0.39, 0.29) is 11.7 Å². The lowest BCUT2D eigenvalue weighted by molar-refractivity contribution is -0.153. The van der Waals surface area contributed by atoms with E-state index in [0.29, 0.717) is 5.82 Å². The van der Waals surface area contributed by atoms with E-state index in [1.807, 2.05) is 0 Å². The molecule has 1 rings (SSSR count). The highest BCUT2D eigenvalue weighted by Gasteiger charge is 2.28. The lowest BCUT2D eigenvalue weighted by Crippen LogP contribution is -2.23. The second kappa shape index (κ2) is 5.03. The molecule has 0 fully saturated rings. The Hall–Kier alpha value is -1.79. The first-order chi connectivity index (χ1) is 7.79. The number of ether oxygens (including phenoxy) is 1. The molecule has 17 heavy (non-hydrogen) atoms. The number of amides is 1. The van der Waals surface area contributed by atoms with E-state index >= 15 is 0 Å². The number of alkyl halides is 3. The van der Waals surface area contributed by atoms with E-state index in [1.54, 1.807) is 0 Å². The van der Waals surface area contributed by atoms with Gasteiger partial charge in [0.05, 0.1) is 6.20 Å². The summed E-state index contributed by atoms with van der Waals surface area (Å²) in [5, 5.41) is 0. The Kier molecular flexibility index (Phi) is 3.93. The highest BCUT2D eigenvalue weighted by Crippen LogP contribution is 2.19. The van der Waals surface area contributed by atoms with Crippen LogP contribution in [-0.4, -0.2) is 30.7 Å². The summed E-state index contributed by atoms with van der Waals surface area (Å²) < 4.78 is 40.0. The van der Waals surface area contributed by atoms with Crippen LogP contribution in [0.5, 0.6) is 5.75 Å². The molecular formula is C10H11F3N2O2. The molecule has 0 aliphatic rings. The van der Waals surface area contributed by atoms with E-state index in [0.717, 1.165) is 6.20 Å². The molecule has 0 aliphatic heterocycles. The third-order valence-electron chi connectivity index (χ3n) is 1.94. The lowest BCUT2D eigenvalue weighted by atomic mass is 10.4. The Balaban J connectivity index is 2.65. The molecule has 1 aromatic heterocycles. The van der Waals surface area contributed by atoms with Crippen LogP contribution in [0.15, 0.2) is 18.3 Å². The van der Waals surface area contributed by atoms with E-state index in [4.69, 9.17) is 0 Å². The number of halogens is 3. The molecule has 0 atom stereocenters. The summed E-state index contributed by atoms with van der Waals surface area (Å²) >= 11 is 0. The van der Waals surface area contributed by atoms with Crippen LogP contribution in [0.2, 0.25) is 0 Å². The van der Waals surface area contributed by atoms with Gasteiger partial charge < -0.3 is 9.64 Å². The van der Waals surface area contributed by atoms with Gasteiger partial charge in [-0.15, -0.1) is 0 Å². The van der Waals surface area contributed by atoms with Crippen LogP contribution in [0.1, 0.15) is 6.92 Å². The van der Waals surface area contributed by atoms with Gasteiger partial charge in [-0.2, -0.15) is 13.2 Å². The first-order valence-electron chi connectivity index (χ1n) is 4.69. The van der Waals surface area contributed by atoms with Gasteiger partial charge in [-0.25, -0.2) is 4.98 Å². The number of hydrogen-bond donors (Lipinski definition) is 0. The minimum absolute atomic E-state index is 0.00280. The van der Waals surface area contributed by atoms with Gasteiger partial charge >= 0.3 is 6.18 Å². The number of hydrogen-bond acceptors (Lipinski definition) is 3. The molecule has 0 aliphatic carbocycles. The highest BCUT2D eigenvalue weighted by atomic mass is 19.4. The predicted octanol–water partition coefficient (Wildman–Crippen LogP) is 2.01. The summed E-state index contributed by atoms with van der Waals surface area (Å²) in [5.74, 6) is 0.126. The average Bonchev–Trinajstić information content (AvgIpc) is 2.25. The fourth-order valence-corrected chi connectivity index (χ4v) is 0.983. The second-order valence-electron chi connectivity index (χ2n) is 3.33. The number of carbonyl (C=O) groups is 1. The maximum atomic E-state index is 11.9. The molecule has 0 unspecified atom stereocenters. The van der Waals surface area contributed by atoms with Crippen molar-refractivity contribution in [1.29, 1.82) is 0 Å². The maximum absolute atomic E-state index is 11.9. The number of nitrogens with zero attached hydrogens (tertiary/aromatic N) is 2. The van der Waals surface area contributed by atoms with Crippen molar-refractivity contribution in [2.24, 2.45) is 0 Å². The Morgan fingerprint density at radius 1 is 1.47 bits per heavy atom. The number of pyridine rings is 1. The quantitative estimate of drug-likeness (QED) is 0.821. The van der Waals surface area contributed by atoms with Gasteiger partial charge in [-0.1, -0.05) is 0 Å². The molecule has 0 N–H and O–H groups in total. The van der Waals surface area contributed by atoms with E-state index in [2.05, 4.69) is 9.72 Å². The molecule has 0 saturated carbocycles. The first-order valence-corrected chi connectivity index (χ1v) is 4.69. The van der Waals surface area contributed by atoms with Crippen molar-refractivity contribution in [3.63, 3.8) is 0 Å². The van der Waals surface area contributed by atoms with Crippen molar-refractivity contribution < 1.29 is 22.7 Å². The molecular weight excluding hydrogens is 237 g/mol. The fourth-order valence-electron chi connectivity index (χ4n) is 0.983. The summed E-state index contributed by atoms with van der Waals surface area (Å²) in [6.07, 6.45) is -3.24. The third-order valence-corrected chi connectivity index (χ3v) is 1.94. The summed E-state index contributed by atoms with van der Waals surface area (Å²) in [7, 11) is 1.51. The van der Waals surface area contributed by atoms with Crippen molar-refractivity contribution in [3.8, 4) is 5.75 Å². The molecule has 0 bridgehead atoms. The highest BCUT2D eigenvalue weighted by molar-refractivity contribution is 5.89. The Labute approximate surface area is 96.0 Å². The largest absolute Gasteiger partial charge is 0.483 e. The van der Waals surface area contributed by atoms with Crippen LogP contribution in [-0.2, 0) is 4.79 Å². The van der Waals surface area contributed by atoms with Crippen LogP contribution in [0, 0.1) is 0 Å². The van der Waals surface area contributed by atoms with Gasteiger partial charge in [0.25, 0.3) is 0 Å². The molecule has 0 spiro atoms. The maximum Gasteiger partial charge on any atom is 0.422 e. The number of anilines is 1. The molecule has 7 heteroatoms.